The molecule has 0 spiro atoms. The first-order valence-corrected chi connectivity index (χ1v) is 7.09. The Morgan fingerprint density at radius 3 is 2.84 bits per heavy atom. The summed E-state index contributed by atoms with van der Waals surface area (Å²) in [5, 5.41) is 22.7. The van der Waals surface area contributed by atoms with Crippen molar-refractivity contribution < 1.29 is 5.11 Å². The molecule has 4 heteroatoms. The van der Waals surface area contributed by atoms with Crippen LogP contribution < -0.4 is 5.32 Å². The average molecular weight is 257 g/mol. The summed E-state index contributed by atoms with van der Waals surface area (Å²) in [6.45, 7) is 0.494. The Labute approximate surface area is 113 Å². The van der Waals surface area contributed by atoms with Crippen LogP contribution in [0.25, 0.3) is 0 Å². The number of nitriles is 1. The second-order valence-electron chi connectivity index (χ2n) is 5.74. The van der Waals surface area contributed by atoms with E-state index in [-0.39, 0.29) is 0 Å². The van der Waals surface area contributed by atoms with Crippen molar-refractivity contribution in [3.8, 4) is 6.07 Å². The lowest BCUT2D eigenvalue weighted by molar-refractivity contribution is 0.0614. The van der Waals surface area contributed by atoms with Gasteiger partial charge < -0.3 is 10.4 Å². The molecule has 1 saturated carbocycles. The van der Waals surface area contributed by atoms with Crippen LogP contribution in [0, 0.1) is 11.3 Å². The number of aliphatic hydroxyl groups is 1. The molecule has 0 atom stereocenters. The van der Waals surface area contributed by atoms with Crippen molar-refractivity contribution in [1.29, 1.82) is 5.26 Å². The molecule has 2 aliphatic carbocycles. The highest BCUT2D eigenvalue weighted by atomic mass is 16.3. The number of pyridine rings is 1. The van der Waals surface area contributed by atoms with E-state index in [4.69, 9.17) is 0 Å². The van der Waals surface area contributed by atoms with Crippen LogP contribution in [0.3, 0.4) is 0 Å². The number of hydrogen-bond donors (Lipinski definition) is 2. The predicted octanol–water partition coefficient (Wildman–Crippen LogP) is 2.16. The molecule has 1 aromatic rings. The van der Waals surface area contributed by atoms with E-state index in [0.717, 1.165) is 50.6 Å². The fourth-order valence-electron chi connectivity index (χ4n) is 3.15. The van der Waals surface area contributed by atoms with Gasteiger partial charge in [-0.25, -0.2) is 4.98 Å². The molecule has 2 aliphatic rings. The first kappa shape index (κ1) is 12.4. The van der Waals surface area contributed by atoms with Gasteiger partial charge in [0.2, 0.25) is 0 Å². The number of rotatable bonds is 3. The zero-order valence-corrected chi connectivity index (χ0v) is 11.1. The average Bonchev–Trinajstić information content (AvgIpc) is 3.04. The molecule has 1 heterocycles. The van der Waals surface area contributed by atoms with Gasteiger partial charge in [-0.1, -0.05) is 12.8 Å². The van der Waals surface area contributed by atoms with Gasteiger partial charge in [-0.2, -0.15) is 5.26 Å². The minimum absolute atomic E-state index is 0.494. The quantitative estimate of drug-likeness (QED) is 0.870. The zero-order valence-electron chi connectivity index (χ0n) is 11.1. The first-order chi connectivity index (χ1) is 9.20. The number of anilines is 1. The summed E-state index contributed by atoms with van der Waals surface area (Å²) < 4.78 is 0. The fraction of sp³-hybridized carbons (Fsp3) is 0.600. The van der Waals surface area contributed by atoms with Gasteiger partial charge in [-0.3, -0.25) is 0 Å². The normalized spacial score (nSPS) is 20.0. The van der Waals surface area contributed by atoms with Crippen LogP contribution >= 0.6 is 0 Å². The van der Waals surface area contributed by atoms with Gasteiger partial charge in [0.25, 0.3) is 0 Å². The summed E-state index contributed by atoms with van der Waals surface area (Å²) in [7, 11) is 0. The molecular weight excluding hydrogens is 238 g/mol. The Bertz CT molecular complexity index is 527. The summed E-state index contributed by atoms with van der Waals surface area (Å²) in [5.41, 5.74) is 2.30. The van der Waals surface area contributed by atoms with Crippen LogP contribution in [0.1, 0.15) is 48.9 Å². The van der Waals surface area contributed by atoms with Gasteiger partial charge in [0.1, 0.15) is 11.9 Å². The topological polar surface area (TPSA) is 68.9 Å². The second-order valence-corrected chi connectivity index (χ2v) is 5.74. The molecule has 0 saturated heterocycles. The van der Waals surface area contributed by atoms with Crippen LogP contribution in [0.2, 0.25) is 0 Å². The van der Waals surface area contributed by atoms with Crippen LogP contribution in [-0.2, 0) is 12.8 Å². The Morgan fingerprint density at radius 1 is 1.32 bits per heavy atom. The monoisotopic (exact) mass is 257 g/mol. The van der Waals surface area contributed by atoms with Crippen LogP contribution in [0.5, 0.6) is 0 Å². The molecule has 0 amide bonds. The SMILES string of the molecule is N#Cc1cc2c(nc1NCC1(O)CCCC1)CCC2. The van der Waals surface area contributed by atoms with Crippen molar-refractivity contribution in [2.45, 2.75) is 50.5 Å². The van der Waals surface area contributed by atoms with E-state index in [1.54, 1.807) is 0 Å². The van der Waals surface area contributed by atoms with Crippen molar-refractivity contribution in [2.24, 2.45) is 0 Å². The molecule has 4 nitrogen and oxygen atoms in total. The van der Waals surface area contributed by atoms with E-state index in [0.29, 0.717) is 17.9 Å². The summed E-state index contributed by atoms with van der Waals surface area (Å²) in [6, 6.07) is 4.16. The van der Waals surface area contributed by atoms with Crippen molar-refractivity contribution >= 4 is 5.82 Å². The number of fused-ring (bicyclic) bond motifs is 1. The maximum Gasteiger partial charge on any atom is 0.144 e. The molecular formula is C15H19N3O. The molecule has 3 rings (SSSR count). The Kier molecular flexibility index (Phi) is 3.16. The molecule has 0 bridgehead atoms. The third kappa shape index (κ3) is 2.43. The van der Waals surface area contributed by atoms with E-state index < -0.39 is 5.60 Å². The van der Waals surface area contributed by atoms with Gasteiger partial charge in [0, 0.05) is 12.2 Å². The molecule has 1 fully saturated rings. The van der Waals surface area contributed by atoms with Gasteiger partial charge >= 0.3 is 0 Å². The maximum absolute atomic E-state index is 10.3. The van der Waals surface area contributed by atoms with E-state index in [1.807, 2.05) is 6.07 Å². The largest absolute Gasteiger partial charge is 0.388 e. The lowest BCUT2D eigenvalue weighted by atomic mass is 10.0. The predicted molar refractivity (Wildman–Crippen MR) is 72.9 cm³/mol. The van der Waals surface area contributed by atoms with Gasteiger partial charge in [0.05, 0.1) is 11.2 Å². The third-order valence-electron chi connectivity index (χ3n) is 4.29. The Hall–Kier alpha value is -1.60. The van der Waals surface area contributed by atoms with Crippen molar-refractivity contribution in [2.75, 3.05) is 11.9 Å². The number of nitrogens with zero attached hydrogens (tertiary/aromatic N) is 2. The van der Waals surface area contributed by atoms with Crippen molar-refractivity contribution in [3.05, 3.63) is 22.9 Å². The standard InChI is InChI=1S/C15H19N3O/c16-9-12-8-11-4-3-5-13(11)18-14(12)17-10-15(19)6-1-2-7-15/h8,19H,1-7,10H2,(H,17,18). The highest BCUT2D eigenvalue weighted by molar-refractivity contribution is 5.55. The number of aromatic nitrogens is 1. The highest BCUT2D eigenvalue weighted by Gasteiger charge is 2.31. The number of nitrogens with one attached hydrogen (secondary N) is 1. The molecule has 19 heavy (non-hydrogen) atoms. The first-order valence-electron chi connectivity index (χ1n) is 7.09. The van der Waals surface area contributed by atoms with Crippen LogP contribution in [0.15, 0.2) is 6.07 Å². The van der Waals surface area contributed by atoms with Crippen LogP contribution in [0.4, 0.5) is 5.82 Å². The molecule has 2 N–H and O–H groups in total. The minimum atomic E-state index is -0.618. The Balaban J connectivity index is 1.79. The molecule has 0 aromatic carbocycles. The third-order valence-corrected chi connectivity index (χ3v) is 4.29. The number of hydrogen-bond acceptors (Lipinski definition) is 4. The highest BCUT2D eigenvalue weighted by Crippen LogP contribution is 2.30. The molecule has 0 radical (unpaired) electrons. The summed E-state index contributed by atoms with van der Waals surface area (Å²) >= 11 is 0. The summed E-state index contributed by atoms with van der Waals surface area (Å²) in [5.74, 6) is 0.642. The van der Waals surface area contributed by atoms with Gasteiger partial charge in [0.15, 0.2) is 0 Å². The summed E-state index contributed by atoms with van der Waals surface area (Å²) in [4.78, 5) is 4.57. The fourth-order valence-corrected chi connectivity index (χ4v) is 3.15. The Morgan fingerprint density at radius 2 is 2.11 bits per heavy atom. The second kappa shape index (κ2) is 4.82. The minimum Gasteiger partial charge on any atom is -0.388 e. The smallest absolute Gasteiger partial charge is 0.144 e. The van der Waals surface area contributed by atoms with Gasteiger partial charge in [-0.15, -0.1) is 0 Å². The molecule has 100 valence electrons. The molecule has 0 unspecified atom stereocenters. The van der Waals surface area contributed by atoms with Crippen LogP contribution in [-0.4, -0.2) is 22.2 Å². The van der Waals surface area contributed by atoms with E-state index >= 15 is 0 Å². The van der Waals surface area contributed by atoms with Gasteiger partial charge in [-0.05, 0) is 43.7 Å². The maximum atomic E-state index is 10.3. The van der Waals surface area contributed by atoms with E-state index in [9.17, 15) is 10.4 Å². The molecule has 0 aliphatic heterocycles. The zero-order chi connectivity index (χ0) is 13.3. The van der Waals surface area contributed by atoms with Crippen molar-refractivity contribution in [3.63, 3.8) is 0 Å². The van der Waals surface area contributed by atoms with Crippen molar-refractivity contribution in [1.82, 2.24) is 4.98 Å². The number of aryl methyl sites for hydroxylation is 2. The van der Waals surface area contributed by atoms with E-state index in [2.05, 4.69) is 16.4 Å². The van der Waals surface area contributed by atoms with E-state index in [1.165, 1.54) is 5.56 Å². The molecule has 1 aromatic heterocycles. The summed E-state index contributed by atoms with van der Waals surface area (Å²) in [6.07, 6.45) is 7.00. The lowest BCUT2D eigenvalue weighted by Crippen LogP contribution is -2.34. The lowest BCUT2D eigenvalue weighted by Gasteiger charge is -2.23.